The van der Waals surface area contributed by atoms with Gasteiger partial charge in [-0.25, -0.2) is 4.98 Å². The minimum absolute atomic E-state index is 0.0873. The Morgan fingerprint density at radius 3 is 2.03 bits per heavy atom. The van der Waals surface area contributed by atoms with Gasteiger partial charge in [0.25, 0.3) is 5.56 Å². The number of H-pyrrole nitrogens is 1. The first-order valence-electron chi connectivity index (χ1n) is 14.7. The molecule has 3 aromatic rings. The van der Waals surface area contributed by atoms with Crippen LogP contribution in [0, 0.1) is 0 Å². The monoisotopic (exact) mass is 500 g/mol. The van der Waals surface area contributed by atoms with Crippen LogP contribution in [0.2, 0.25) is 0 Å². The maximum absolute atomic E-state index is 14.0. The number of nitrogens with one attached hydrogen (secondary N) is 1. The predicted molar refractivity (Wildman–Crippen MR) is 149 cm³/mol. The van der Waals surface area contributed by atoms with E-state index in [9.17, 15) is 9.59 Å². The van der Waals surface area contributed by atoms with E-state index in [1.807, 2.05) is 28.8 Å². The van der Waals surface area contributed by atoms with Crippen LogP contribution in [0.5, 0.6) is 0 Å². The first-order chi connectivity index (χ1) is 18.2. The fourth-order valence-corrected chi connectivity index (χ4v) is 7.56. The number of rotatable bonds is 3. The third kappa shape index (κ3) is 5.05. The van der Waals surface area contributed by atoms with Gasteiger partial charge in [-0.3, -0.25) is 14.5 Å². The summed E-state index contributed by atoms with van der Waals surface area (Å²) in [6, 6.07) is 14.9. The second-order valence-corrected chi connectivity index (χ2v) is 11.6. The largest absolute Gasteiger partial charge is 0.320 e. The number of pyridine rings is 1. The van der Waals surface area contributed by atoms with Crippen molar-refractivity contribution >= 4 is 11.0 Å². The highest BCUT2D eigenvalue weighted by atomic mass is 16.1. The number of aromatic amines is 1. The standard InChI is InChI=1S/C31H40N4O2/c36-29-19-11-17-27(32-29)30-31(37)35(28-18-9-8-16-26(28)33-30)25-20-23-14-10-15-24(21-25)34(23)22-12-6-4-2-1-3-5-7-13-22/h8-9,11,16-19,22-25H,1-7,10,12-15,20-21H2,(H,32,36)/t23-,24+,25+. The fraction of sp³-hybridized carbons (Fsp3) is 0.581. The van der Waals surface area contributed by atoms with Gasteiger partial charge >= 0.3 is 0 Å². The molecule has 4 heterocycles. The molecule has 3 aliphatic rings. The van der Waals surface area contributed by atoms with Crippen molar-refractivity contribution in [1.82, 2.24) is 19.4 Å². The topological polar surface area (TPSA) is 71.0 Å². The van der Waals surface area contributed by atoms with Crippen LogP contribution in [0.3, 0.4) is 0 Å². The van der Waals surface area contributed by atoms with Crippen LogP contribution in [0.15, 0.2) is 52.1 Å². The normalized spacial score (nSPS) is 26.2. The second-order valence-electron chi connectivity index (χ2n) is 11.6. The molecular weight excluding hydrogens is 460 g/mol. The van der Waals surface area contributed by atoms with Gasteiger partial charge in [0.05, 0.1) is 16.7 Å². The molecule has 1 N–H and O–H groups in total. The average Bonchev–Trinajstić information content (AvgIpc) is 2.90. The van der Waals surface area contributed by atoms with Gasteiger partial charge in [0.2, 0.25) is 5.56 Å². The molecule has 6 nitrogen and oxygen atoms in total. The first-order valence-corrected chi connectivity index (χ1v) is 14.7. The fourth-order valence-electron chi connectivity index (χ4n) is 7.56. The van der Waals surface area contributed by atoms with E-state index in [1.54, 1.807) is 12.1 Å². The lowest BCUT2D eigenvalue weighted by molar-refractivity contribution is -0.0239. The summed E-state index contributed by atoms with van der Waals surface area (Å²) in [6.07, 6.45) is 18.2. The quantitative estimate of drug-likeness (QED) is 0.465. The molecule has 0 spiro atoms. The maximum Gasteiger partial charge on any atom is 0.279 e. The van der Waals surface area contributed by atoms with Crippen molar-refractivity contribution in [2.45, 2.75) is 114 Å². The first kappa shape index (κ1) is 24.6. The molecular formula is C31H40N4O2. The van der Waals surface area contributed by atoms with Gasteiger partial charge in [-0.15, -0.1) is 0 Å². The van der Waals surface area contributed by atoms with Crippen LogP contribution in [0.4, 0.5) is 0 Å². The maximum atomic E-state index is 14.0. The molecule has 0 radical (unpaired) electrons. The highest BCUT2D eigenvalue weighted by molar-refractivity contribution is 5.77. The summed E-state index contributed by atoms with van der Waals surface area (Å²) in [5, 5.41) is 0. The van der Waals surface area contributed by atoms with Gasteiger partial charge in [-0.2, -0.15) is 0 Å². The average molecular weight is 501 g/mol. The minimum atomic E-state index is -0.216. The summed E-state index contributed by atoms with van der Waals surface area (Å²) in [4.78, 5) is 36.5. The zero-order valence-corrected chi connectivity index (χ0v) is 21.9. The highest BCUT2D eigenvalue weighted by Crippen LogP contribution is 2.42. The molecule has 6 heteroatoms. The summed E-state index contributed by atoms with van der Waals surface area (Å²) < 4.78 is 2.03. The summed E-state index contributed by atoms with van der Waals surface area (Å²) in [6.45, 7) is 0. The SMILES string of the molecule is O=c1cccc(-c2nc3ccccc3n([C@H]3C[C@H]4CCC[C@@H](C3)N4C3CCCCCCCCC3)c2=O)[nH]1. The molecule has 2 aliphatic heterocycles. The lowest BCUT2D eigenvalue weighted by atomic mass is 9.79. The Kier molecular flexibility index (Phi) is 7.27. The zero-order valence-electron chi connectivity index (χ0n) is 21.9. The van der Waals surface area contributed by atoms with Crippen LogP contribution in [-0.4, -0.2) is 37.6 Å². The Balaban J connectivity index is 1.35. The number of nitrogens with zero attached hydrogens (tertiary/aromatic N) is 3. The third-order valence-corrected chi connectivity index (χ3v) is 9.19. The Morgan fingerprint density at radius 1 is 0.676 bits per heavy atom. The molecule has 196 valence electrons. The summed E-state index contributed by atoms with van der Waals surface area (Å²) >= 11 is 0. The third-order valence-electron chi connectivity index (χ3n) is 9.19. The predicted octanol–water partition coefficient (Wildman–Crippen LogP) is 6.20. The highest BCUT2D eigenvalue weighted by Gasteiger charge is 2.42. The van der Waals surface area contributed by atoms with Gasteiger partial charge < -0.3 is 9.55 Å². The number of para-hydroxylation sites is 2. The summed E-state index contributed by atoms with van der Waals surface area (Å²) in [7, 11) is 0. The number of benzene rings is 1. The van der Waals surface area contributed by atoms with Crippen LogP contribution in [-0.2, 0) is 0 Å². The lowest BCUT2D eigenvalue weighted by Gasteiger charge is -2.53. The smallest absolute Gasteiger partial charge is 0.279 e. The molecule has 2 saturated heterocycles. The molecule has 37 heavy (non-hydrogen) atoms. The Morgan fingerprint density at radius 2 is 1.32 bits per heavy atom. The molecule has 3 atom stereocenters. The van der Waals surface area contributed by atoms with Gasteiger partial charge in [-0.1, -0.05) is 69.6 Å². The van der Waals surface area contributed by atoms with Crippen LogP contribution in [0.1, 0.15) is 95.9 Å². The Hall–Kier alpha value is -2.73. The number of fused-ring (bicyclic) bond motifs is 3. The molecule has 2 aromatic heterocycles. The van der Waals surface area contributed by atoms with Crippen molar-refractivity contribution in [3.05, 3.63) is 63.2 Å². The molecule has 3 fully saturated rings. The molecule has 0 amide bonds. The van der Waals surface area contributed by atoms with E-state index < -0.39 is 0 Å². The molecule has 1 aliphatic carbocycles. The van der Waals surface area contributed by atoms with Crippen molar-refractivity contribution < 1.29 is 0 Å². The van der Waals surface area contributed by atoms with E-state index >= 15 is 0 Å². The van der Waals surface area contributed by atoms with E-state index in [-0.39, 0.29) is 17.2 Å². The molecule has 1 aromatic carbocycles. The van der Waals surface area contributed by atoms with E-state index in [1.165, 1.54) is 83.1 Å². The Labute approximate surface area is 219 Å². The lowest BCUT2D eigenvalue weighted by Crippen LogP contribution is -2.57. The van der Waals surface area contributed by atoms with Gasteiger partial charge in [-0.05, 0) is 56.7 Å². The van der Waals surface area contributed by atoms with Crippen molar-refractivity contribution in [3.63, 3.8) is 0 Å². The summed E-state index contributed by atoms with van der Waals surface area (Å²) in [5.74, 6) is 0. The summed E-state index contributed by atoms with van der Waals surface area (Å²) in [5.41, 5.74) is 2.25. The van der Waals surface area contributed by atoms with Crippen molar-refractivity contribution in [1.29, 1.82) is 0 Å². The van der Waals surface area contributed by atoms with E-state index in [2.05, 4.69) is 9.88 Å². The van der Waals surface area contributed by atoms with Crippen molar-refractivity contribution in [2.75, 3.05) is 0 Å². The van der Waals surface area contributed by atoms with Crippen molar-refractivity contribution in [2.24, 2.45) is 0 Å². The van der Waals surface area contributed by atoms with Crippen molar-refractivity contribution in [3.8, 4) is 11.4 Å². The number of piperidine rings is 2. The van der Waals surface area contributed by atoms with E-state index in [0.29, 0.717) is 29.5 Å². The number of aromatic nitrogens is 3. The second kappa shape index (κ2) is 10.9. The molecule has 6 rings (SSSR count). The number of hydrogen-bond donors (Lipinski definition) is 1. The van der Waals surface area contributed by atoms with Crippen LogP contribution < -0.4 is 11.1 Å². The molecule has 2 bridgehead atoms. The number of hydrogen-bond acceptors (Lipinski definition) is 4. The van der Waals surface area contributed by atoms with Crippen LogP contribution in [0.25, 0.3) is 22.4 Å². The molecule has 0 unspecified atom stereocenters. The van der Waals surface area contributed by atoms with Gasteiger partial charge in [0.15, 0.2) is 5.69 Å². The van der Waals surface area contributed by atoms with Gasteiger partial charge in [0, 0.05) is 30.2 Å². The van der Waals surface area contributed by atoms with E-state index in [4.69, 9.17) is 4.98 Å². The zero-order chi connectivity index (χ0) is 25.2. The molecule has 1 saturated carbocycles. The minimum Gasteiger partial charge on any atom is -0.320 e. The Bertz CT molecular complexity index is 1320. The van der Waals surface area contributed by atoms with Crippen LogP contribution >= 0.6 is 0 Å². The van der Waals surface area contributed by atoms with E-state index in [0.717, 1.165) is 23.9 Å². The van der Waals surface area contributed by atoms with Gasteiger partial charge in [0.1, 0.15) is 0 Å².